The van der Waals surface area contributed by atoms with E-state index >= 15 is 0 Å². The molecule has 24 heavy (non-hydrogen) atoms. The van der Waals surface area contributed by atoms with E-state index in [4.69, 9.17) is 10.5 Å². The summed E-state index contributed by atoms with van der Waals surface area (Å²) < 4.78 is 5.86. The quantitative estimate of drug-likeness (QED) is 0.720. The lowest BCUT2D eigenvalue weighted by molar-refractivity contribution is -0.117. The van der Waals surface area contributed by atoms with E-state index in [0.717, 1.165) is 52.8 Å². The third-order valence-corrected chi connectivity index (χ3v) is 4.79. The van der Waals surface area contributed by atoms with Gasteiger partial charge in [0.25, 0.3) is 0 Å². The number of carbonyl (C=O) groups excluding carboxylic acids is 1. The maximum atomic E-state index is 12.1. The first-order chi connectivity index (χ1) is 11.6. The van der Waals surface area contributed by atoms with Gasteiger partial charge in [0.1, 0.15) is 5.65 Å². The molecule has 0 radical (unpaired) electrons. The smallest absolute Gasteiger partial charge is 0.226 e. The monoisotopic (exact) mass is 395 g/mol. The van der Waals surface area contributed by atoms with Crippen molar-refractivity contribution in [3.63, 3.8) is 0 Å². The SMILES string of the molecule is COCCC(=O)Nc1c[nH]c2ncc(Br)c(N3CCC[C@@H](N)C3)c12. The van der Waals surface area contributed by atoms with E-state index in [0.29, 0.717) is 13.0 Å². The van der Waals surface area contributed by atoms with E-state index in [2.05, 4.69) is 36.1 Å². The third kappa shape index (κ3) is 3.55. The maximum Gasteiger partial charge on any atom is 0.226 e. The highest BCUT2D eigenvalue weighted by atomic mass is 79.9. The van der Waals surface area contributed by atoms with Crippen molar-refractivity contribution in [3.8, 4) is 0 Å². The predicted octanol–water partition coefficient (Wildman–Crippen LogP) is 2.23. The zero-order chi connectivity index (χ0) is 17.1. The van der Waals surface area contributed by atoms with Crippen molar-refractivity contribution in [3.05, 3.63) is 16.9 Å². The number of piperidine rings is 1. The summed E-state index contributed by atoms with van der Waals surface area (Å²) in [5, 5.41) is 3.86. The molecule has 1 amide bonds. The Balaban J connectivity index is 1.96. The van der Waals surface area contributed by atoms with Gasteiger partial charge in [0.05, 0.1) is 34.3 Å². The van der Waals surface area contributed by atoms with Gasteiger partial charge in [-0.1, -0.05) is 0 Å². The molecular weight excluding hydrogens is 374 g/mol. The average molecular weight is 396 g/mol. The van der Waals surface area contributed by atoms with Crippen molar-refractivity contribution in [1.29, 1.82) is 0 Å². The Labute approximate surface area is 149 Å². The molecule has 7 nitrogen and oxygen atoms in total. The van der Waals surface area contributed by atoms with E-state index < -0.39 is 0 Å². The van der Waals surface area contributed by atoms with Crippen LogP contribution in [0.5, 0.6) is 0 Å². The molecule has 3 rings (SSSR count). The van der Waals surface area contributed by atoms with Gasteiger partial charge in [-0.25, -0.2) is 4.98 Å². The number of ether oxygens (including phenoxy) is 1. The Morgan fingerprint density at radius 3 is 3.21 bits per heavy atom. The second-order valence-corrected chi connectivity index (χ2v) is 6.87. The number of nitrogens with two attached hydrogens (primary N) is 1. The topological polar surface area (TPSA) is 96.3 Å². The second-order valence-electron chi connectivity index (χ2n) is 6.02. The molecule has 0 aliphatic carbocycles. The van der Waals surface area contributed by atoms with Crippen molar-refractivity contribution in [2.24, 2.45) is 5.73 Å². The number of rotatable bonds is 5. The van der Waals surface area contributed by atoms with Crippen molar-refractivity contribution in [2.45, 2.75) is 25.3 Å². The number of halogens is 1. The Morgan fingerprint density at radius 1 is 1.62 bits per heavy atom. The number of anilines is 2. The maximum absolute atomic E-state index is 12.1. The molecule has 130 valence electrons. The van der Waals surface area contributed by atoms with Crippen molar-refractivity contribution < 1.29 is 9.53 Å². The normalized spacial score (nSPS) is 18.1. The van der Waals surface area contributed by atoms with Crippen molar-refractivity contribution >= 4 is 44.2 Å². The number of aromatic nitrogens is 2. The lowest BCUT2D eigenvalue weighted by atomic mass is 10.1. The highest BCUT2D eigenvalue weighted by Gasteiger charge is 2.23. The number of pyridine rings is 1. The number of methoxy groups -OCH3 is 1. The minimum absolute atomic E-state index is 0.0842. The number of amides is 1. The van der Waals surface area contributed by atoms with Gasteiger partial charge < -0.3 is 25.7 Å². The van der Waals surface area contributed by atoms with E-state index in [9.17, 15) is 4.79 Å². The summed E-state index contributed by atoms with van der Waals surface area (Å²) in [5.74, 6) is -0.0842. The number of nitrogens with one attached hydrogen (secondary N) is 2. The highest BCUT2D eigenvalue weighted by Crippen LogP contribution is 2.38. The van der Waals surface area contributed by atoms with Crippen LogP contribution < -0.4 is 16.0 Å². The molecule has 0 spiro atoms. The number of carbonyl (C=O) groups is 1. The number of hydrogen-bond donors (Lipinski definition) is 3. The largest absolute Gasteiger partial charge is 0.384 e. The lowest BCUT2D eigenvalue weighted by Gasteiger charge is -2.33. The van der Waals surface area contributed by atoms with Gasteiger partial charge in [-0.05, 0) is 28.8 Å². The summed E-state index contributed by atoms with van der Waals surface area (Å²) in [7, 11) is 1.58. The molecule has 0 unspecified atom stereocenters. The fourth-order valence-corrected chi connectivity index (χ4v) is 3.64. The molecule has 3 heterocycles. The van der Waals surface area contributed by atoms with Gasteiger partial charge in [-0.15, -0.1) is 0 Å². The summed E-state index contributed by atoms with van der Waals surface area (Å²) in [6.45, 7) is 2.12. The average Bonchev–Trinajstić information content (AvgIpc) is 2.95. The van der Waals surface area contributed by atoms with Crippen molar-refractivity contribution in [1.82, 2.24) is 9.97 Å². The van der Waals surface area contributed by atoms with Crippen molar-refractivity contribution in [2.75, 3.05) is 37.0 Å². The van der Waals surface area contributed by atoms with Gasteiger partial charge in [-0.3, -0.25) is 4.79 Å². The fraction of sp³-hybridized carbons (Fsp3) is 0.500. The molecule has 2 aromatic heterocycles. The molecule has 0 bridgehead atoms. The van der Waals surface area contributed by atoms with Gasteiger partial charge >= 0.3 is 0 Å². The van der Waals surface area contributed by atoms with Crippen LogP contribution in [0.15, 0.2) is 16.9 Å². The minimum Gasteiger partial charge on any atom is -0.384 e. The standard InChI is InChI=1S/C16H22BrN5O2/c1-24-6-4-13(23)21-12-8-20-16-14(12)15(11(17)7-19-16)22-5-2-3-10(18)9-22/h7-8,10H,2-6,9,18H2,1H3,(H,19,20)(H,21,23)/t10-/m1/s1. The van der Waals surface area contributed by atoms with Gasteiger partial charge in [0.15, 0.2) is 0 Å². The molecule has 8 heteroatoms. The van der Waals surface area contributed by atoms with Crippen LogP contribution in [-0.2, 0) is 9.53 Å². The van der Waals surface area contributed by atoms with E-state index in [-0.39, 0.29) is 11.9 Å². The zero-order valence-corrected chi connectivity index (χ0v) is 15.2. The van der Waals surface area contributed by atoms with Crippen LogP contribution in [0.1, 0.15) is 19.3 Å². The Morgan fingerprint density at radius 2 is 2.46 bits per heavy atom. The van der Waals surface area contributed by atoms with Crippen LogP contribution in [0, 0.1) is 0 Å². The highest BCUT2D eigenvalue weighted by molar-refractivity contribution is 9.10. The molecule has 0 aromatic carbocycles. The van der Waals surface area contributed by atoms with Crippen LogP contribution in [-0.4, -0.2) is 48.7 Å². The molecule has 1 aliphatic heterocycles. The molecule has 4 N–H and O–H groups in total. The van der Waals surface area contributed by atoms with Crippen LogP contribution in [0.25, 0.3) is 11.0 Å². The Hall–Kier alpha value is -1.64. The van der Waals surface area contributed by atoms with Crippen LogP contribution in [0.2, 0.25) is 0 Å². The number of hydrogen-bond acceptors (Lipinski definition) is 5. The number of fused-ring (bicyclic) bond motifs is 1. The first-order valence-corrected chi connectivity index (χ1v) is 8.84. The predicted molar refractivity (Wildman–Crippen MR) is 98.3 cm³/mol. The number of aromatic amines is 1. The third-order valence-electron chi connectivity index (χ3n) is 4.21. The first kappa shape index (κ1) is 17.2. The molecule has 0 saturated carbocycles. The minimum atomic E-state index is -0.0842. The second kappa shape index (κ2) is 7.50. The van der Waals surface area contributed by atoms with Crippen LogP contribution >= 0.6 is 15.9 Å². The van der Waals surface area contributed by atoms with E-state index in [1.807, 2.05) is 0 Å². The number of H-pyrrole nitrogens is 1. The van der Waals surface area contributed by atoms with Crippen LogP contribution in [0.4, 0.5) is 11.4 Å². The van der Waals surface area contributed by atoms with E-state index in [1.54, 1.807) is 19.5 Å². The lowest BCUT2D eigenvalue weighted by Crippen LogP contribution is -2.43. The molecule has 1 saturated heterocycles. The molecule has 1 atom stereocenters. The summed E-state index contributed by atoms with van der Waals surface area (Å²) in [4.78, 5) is 21.9. The summed E-state index contributed by atoms with van der Waals surface area (Å²) in [6, 6.07) is 0.160. The molecular formula is C16H22BrN5O2. The molecule has 1 fully saturated rings. The van der Waals surface area contributed by atoms with Gasteiger partial charge in [0, 0.05) is 38.6 Å². The number of nitrogens with zero attached hydrogens (tertiary/aromatic N) is 2. The van der Waals surface area contributed by atoms with E-state index in [1.165, 1.54) is 0 Å². The Kier molecular flexibility index (Phi) is 5.37. The zero-order valence-electron chi connectivity index (χ0n) is 13.6. The Bertz CT molecular complexity index is 733. The summed E-state index contributed by atoms with van der Waals surface area (Å²) in [5.41, 5.74) is 8.64. The molecule has 1 aliphatic rings. The fourth-order valence-electron chi connectivity index (χ4n) is 3.08. The molecule has 2 aromatic rings. The first-order valence-electron chi connectivity index (χ1n) is 8.05. The summed E-state index contributed by atoms with van der Waals surface area (Å²) >= 11 is 3.61. The van der Waals surface area contributed by atoms with Gasteiger partial charge in [0.2, 0.25) is 5.91 Å². The van der Waals surface area contributed by atoms with Crippen LogP contribution in [0.3, 0.4) is 0 Å². The van der Waals surface area contributed by atoms with Gasteiger partial charge in [-0.2, -0.15) is 0 Å². The summed E-state index contributed by atoms with van der Waals surface area (Å²) in [6.07, 6.45) is 5.97.